The highest BCUT2D eigenvalue weighted by Gasteiger charge is 2.38. The molecule has 0 saturated carbocycles. The summed E-state index contributed by atoms with van der Waals surface area (Å²) in [4.78, 5) is 15.0. The Morgan fingerprint density at radius 3 is 2.61 bits per heavy atom. The number of amides is 1. The summed E-state index contributed by atoms with van der Waals surface area (Å²) in [6.07, 6.45) is 9.13. The molecule has 2 aromatic rings. The average Bonchev–Trinajstić information content (AvgIpc) is 3.24. The molecule has 0 aromatic heterocycles. The Morgan fingerprint density at radius 2 is 1.82 bits per heavy atom. The summed E-state index contributed by atoms with van der Waals surface area (Å²) >= 11 is 6.09. The Balaban J connectivity index is 1.47. The van der Waals surface area contributed by atoms with Gasteiger partial charge in [-0.05, 0) is 73.1 Å². The maximum absolute atomic E-state index is 13.0. The Hall–Kier alpha value is -2.26. The minimum absolute atomic E-state index is 0.181. The fourth-order valence-electron chi connectivity index (χ4n) is 5.01. The van der Waals surface area contributed by atoms with Crippen LogP contribution in [0.3, 0.4) is 0 Å². The number of halogens is 1. The van der Waals surface area contributed by atoms with Gasteiger partial charge in [0.1, 0.15) is 0 Å². The van der Waals surface area contributed by atoms with Crippen LogP contribution in [0, 0.1) is 5.92 Å². The normalized spacial score (nSPS) is 25.8. The number of carbonyl (C=O) groups excluding carboxylic acids is 1. The van der Waals surface area contributed by atoms with Gasteiger partial charge in [-0.25, -0.2) is 0 Å². The minimum Gasteiger partial charge on any atom is -0.378 e. The second-order valence-electron chi connectivity index (χ2n) is 8.18. The lowest BCUT2D eigenvalue weighted by atomic mass is 9.76. The van der Waals surface area contributed by atoms with Crippen molar-refractivity contribution < 1.29 is 4.79 Å². The molecule has 0 bridgehead atoms. The summed E-state index contributed by atoms with van der Waals surface area (Å²) in [6.45, 7) is 1.78. The molecule has 1 N–H and O–H groups in total. The molecule has 2 aromatic carbocycles. The first-order chi connectivity index (χ1) is 13.7. The van der Waals surface area contributed by atoms with E-state index in [-0.39, 0.29) is 11.9 Å². The van der Waals surface area contributed by atoms with Gasteiger partial charge in [-0.1, -0.05) is 35.9 Å². The number of hydrogen-bond donors (Lipinski definition) is 1. The number of nitrogens with zero attached hydrogens (tertiary/aromatic N) is 1. The second kappa shape index (κ2) is 7.29. The first kappa shape index (κ1) is 17.8. The van der Waals surface area contributed by atoms with Crippen LogP contribution in [-0.4, -0.2) is 23.9 Å². The van der Waals surface area contributed by atoms with Crippen LogP contribution < -0.4 is 5.32 Å². The molecule has 1 amide bonds. The van der Waals surface area contributed by atoms with Crippen molar-refractivity contribution in [3.05, 3.63) is 76.3 Å². The van der Waals surface area contributed by atoms with E-state index < -0.39 is 0 Å². The van der Waals surface area contributed by atoms with Gasteiger partial charge in [-0.15, -0.1) is 0 Å². The lowest BCUT2D eigenvalue weighted by molar-refractivity contribution is 0.0724. The van der Waals surface area contributed by atoms with Crippen LogP contribution in [0.2, 0.25) is 5.02 Å². The number of carbonyl (C=O) groups is 1. The van der Waals surface area contributed by atoms with Gasteiger partial charge in [0.15, 0.2) is 0 Å². The first-order valence-electron chi connectivity index (χ1n) is 10.3. The molecule has 3 nitrogen and oxygen atoms in total. The average molecular weight is 393 g/mol. The van der Waals surface area contributed by atoms with Crippen molar-refractivity contribution in [2.24, 2.45) is 5.92 Å². The van der Waals surface area contributed by atoms with E-state index in [9.17, 15) is 4.79 Å². The van der Waals surface area contributed by atoms with E-state index in [1.807, 2.05) is 23.1 Å². The van der Waals surface area contributed by atoms with Crippen LogP contribution >= 0.6 is 11.6 Å². The largest absolute Gasteiger partial charge is 0.378 e. The molecule has 4 heteroatoms. The molecular formula is C24H25ClN2O. The Bertz CT molecular complexity index is 915. The van der Waals surface area contributed by atoms with E-state index in [4.69, 9.17) is 11.6 Å². The molecule has 5 rings (SSSR count). The van der Waals surface area contributed by atoms with E-state index >= 15 is 0 Å². The van der Waals surface area contributed by atoms with E-state index in [1.54, 1.807) is 0 Å². The Kier molecular flexibility index (Phi) is 4.64. The van der Waals surface area contributed by atoms with Crippen molar-refractivity contribution in [2.45, 2.75) is 37.6 Å². The molecule has 1 aliphatic carbocycles. The Labute approximate surface area is 171 Å². The van der Waals surface area contributed by atoms with Crippen LogP contribution in [0.4, 0.5) is 5.69 Å². The highest BCUT2D eigenvalue weighted by Crippen LogP contribution is 2.50. The maximum Gasteiger partial charge on any atom is 0.253 e. The highest BCUT2D eigenvalue weighted by atomic mass is 35.5. The number of rotatable bonds is 2. The van der Waals surface area contributed by atoms with E-state index in [2.05, 4.69) is 41.7 Å². The van der Waals surface area contributed by atoms with Crippen molar-refractivity contribution in [3.8, 4) is 0 Å². The molecule has 0 radical (unpaired) electrons. The van der Waals surface area contributed by atoms with Gasteiger partial charge in [-0.2, -0.15) is 0 Å². The molecule has 0 spiro atoms. The van der Waals surface area contributed by atoms with Gasteiger partial charge in [0.2, 0.25) is 0 Å². The summed E-state index contributed by atoms with van der Waals surface area (Å²) in [5.41, 5.74) is 4.49. The smallest absolute Gasteiger partial charge is 0.253 e. The van der Waals surface area contributed by atoms with Gasteiger partial charge in [0.25, 0.3) is 5.91 Å². The van der Waals surface area contributed by atoms with Gasteiger partial charge < -0.3 is 10.2 Å². The molecule has 1 saturated heterocycles. The Morgan fingerprint density at radius 1 is 1.04 bits per heavy atom. The monoisotopic (exact) mass is 392 g/mol. The van der Waals surface area contributed by atoms with Crippen molar-refractivity contribution >= 4 is 23.2 Å². The fraction of sp³-hybridized carbons (Fsp3) is 0.375. The zero-order chi connectivity index (χ0) is 19.1. The van der Waals surface area contributed by atoms with Crippen LogP contribution in [0.25, 0.3) is 0 Å². The molecule has 28 heavy (non-hydrogen) atoms. The molecule has 2 aliphatic heterocycles. The fourth-order valence-corrected chi connectivity index (χ4v) is 5.13. The van der Waals surface area contributed by atoms with Crippen LogP contribution in [-0.2, 0) is 0 Å². The standard InChI is InChI=1S/C24H25ClN2O/c25-18-10-7-16(8-11-18)23-20-6-4-5-19(20)21-15-17(9-12-22(21)26-23)24(28)27-13-2-1-3-14-27/h4-5,7-12,15,19-20,23,26H,1-3,6,13-14H2/t19-,20+,23+/m1/s1. The molecule has 0 unspecified atom stereocenters. The third kappa shape index (κ3) is 3.12. The van der Waals surface area contributed by atoms with Crippen molar-refractivity contribution in [1.82, 2.24) is 4.90 Å². The molecule has 1 fully saturated rings. The molecule has 144 valence electrons. The zero-order valence-electron chi connectivity index (χ0n) is 15.9. The summed E-state index contributed by atoms with van der Waals surface area (Å²) < 4.78 is 0. The predicted octanol–water partition coefficient (Wildman–Crippen LogP) is 5.79. The van der Waals surface area contributed by atoms with Gasteiger partial charge >= 0.3 is 0 Å². The number of likely N-dealkylation sites (tertiary alicyclic amines) is 1. The summed E-state index contributed by atoms with van der Waals surface area (Å²) in [5.74, 6) is 1.00. The first-order valence-corrected chi connectivity index (χ1v) is 10.7. The van der Waals surface area contributed by atoms with Crippen LogP contribution in [0.1, 0.15) is 59.1 Å². The predicted molar refractivity (Wildman–Crippen MR) is 114 cm³/mol. The van der Waals surface area contributed by atoms with Crippen LogP contribution in [0.15, 0.2) is 54.6 Å². The van der Waals surface area contributed by atoms with Gasteiger partial charge in [0, 0.05) is 35.3 Å². The summed E-state index contributed by atoms with van der Waals surface area (Å²) in [5, 5.41) is 4.51. The van der Waals surface area contributed by atoms with Crippen LogP contribution in [0.5, 0.6) is 0 Å². The lowest BCUT2D eigenvalue weighted by Crippen LogP contribution is -2.36. The zero-order valence-corrected chi connectivity index (χ0v) is 16.7. The number of nitrogens with one attached hydrogen (secondary N) is 1. The van der Waals surface area contributed by atoms with E-state index in [0.29, 0.717) is 11.8 Å². The molecule has 3 aliphatic rings. The topological polar surface area (TPSA) is 32.3 Å². The number of benzene rings is 2. The van der Waals surface area contributed by atoms with E-state index in [0.717, 1.165) is 48.6 Å². The van der Waals surface area contributed by atoms with Crippen molar-refractivity contribution in [3.63, 3.8) is 0 Å². The summed E-state index contributed by atoms with van der Waals surface area (Å²) in [6, 6.07) is 14.6. The third-order valence-corrected chi connectivity index (χ3v) is 6.73. The summed E-state index contributed by atoms with van der Waals surface area (Å²) in [7, 11) is 0. The minimum atomic E-state index is 0.181. The maximum atomic E-state index is 13.0. The highest BCUT2D eigenvalue weighted by molar-refractivity contribution is 6.30. The SMILES string of the molecule is O=C(c1ccc2c(c1)[C@@H]1C=CC[C@@H]1[C@H](c1ccc(Cl)cc1)N2)N1CCCCC1. The molecule has 3 atom stereocenters. The third-order valence-electron chi connectivity index (χ3n) is 6.48. The number of anilines is 1. The van der Waals surface area contributed by atoms with Gasteiger partial charge in [0.05, 0.1) is 6.04 Å². The lowest BCUT2D eigenvalue weighted by Gasteiger charge is -2.38. The quantitative estimate of drug-likeness (QED) is 0.655. The van der Waals surface area contributed by atoms with Gasteiger partial charge in [-0.3, -0.25) is 4.79 Å². The second-order valence-corrected chi connectivity index (χ2v) is 8.62. The number of hydrogen-bond acceptors (Lipinski definition) is 2. The molecule has 2 heterocycles. The van der Waals surface area contributed by atoms with Crippen molar-refractivity contribution in [2.75, 3.05) is 18.4 Å². The van der Waals surface area contributed by atoms with E-state index in [1.165, 1.54) is 17.5 Å². The van der Waals surface area contributed by atoms with Crippen molar-refractivity contribution in [1.29, 1.82) is 0 Å². The molecular weight excluding hydrogens is 368 g/mol. The number of piperidine rings is 1. The number of fused-ring (bicyclic) bond motifs is 3. The number of allylic oxidation sites excluding steroid dienone is 2.